The minimum atomic E-state index is 0. The molecule has 0 radical (unpaired) electrons. The molecule has 2 aliphatic rings. The Morgan fingerprint density at radius 3 is 1.00 bits per heavy atom. The van der Waals surface area contributed by atoms with Crippen LogP contribution in [-0.4, -0.2) is 5.80 Å². The summed E-state index contributed by atoms with van der Waals surface area (Å²) < 4.78 is 0. The summed E-state index contributed by atoms with van der Waals surface area (Å²) >= 11 is 0. The van der Waals surface area contributed by atoms with Crippen molar-refractivity contribution in [2.24, 2.45) is 0 Å². The first-order chi connectivity index (χ1) is 13.5. The summed E-state index contributed by atoms with van der Waals surface area (Å²) in [5, 5.41) is 0. The first-order valence-corrected chi connectivity index (χ1v) is 9.52. The van der Waals surface area contributed by atoms with E-state index in [9.17, 15) is 0 Å². The van der Waals surface area contributed by atoms with Crippen LogP contribution >= 0.6 is 8.20 Å². The Kier molecular flexibility index (Phi) is 32.8. The molecule has 0 aromatic heterocycles. The van der Waals surface area contributed by atoms with Crippen molar-refractivity contribution >= 4 is 14.0 Å². The average molecular weight is 528 g/mol. The van der Waals surface area contributed by atoms with Crippen molar-refractivity contribution < 1.29 is 51.0 Å². The Morgan fingerprint density at radius 2 is 0.933 bits per heavy atom. The molecule has 0 bridgehead atoms. The SMILES string of the molecule is [C-]1=CC=CC1.[C-]1=PC=C1.[Cl-].[Cl-].[Zr+2].[c-]1ccccc1.[c-]1ccccc1.[c-]1ccccc1. The number of benzene rings is 3. The summed E-state index contributed by atoms with van der Waals surface area (Å²) in [7, 11) is 1.25. The van der Waals surface area contributed by atoms with Crippen molar-refractivity contribution in [3.63, 3.8) is 0 Å². The standard InChI is InChI=1S/3C6H5.C5H5.C3H2P.2ClH.Zr/c3*1-2-4-6-5-3-1;1-2-4-5-3-1;1-2-4-3-1;;;/h3*1-5H;1-3H,4H2;1-2H;2*1H;/q5*-1;;;+2/p-2. The molecule has 1 aliphatic heterocycles. The van der Waals surface area contributed by atoms with Crippen molar-refractivity contribution in [2.45, 2.75) is 6.42 Å². The van der Waals surface area contributed by atoms with Crippen molar-refractivity contribution in [3.05, 3.63) is 145 Å². The molecule has 1 aliphatic carbocycles. The first-order valence-electron chi connectivity index (χ1n) is 8.55. The molecule has 5 rings (SSSR count). The van der Waals surface area contributed by atoms with Crippen LogP contribution in [0.3, 0.4) is 0 Å². The third-order valence-corrected chi connectivity index (χ3v) is 3.30. The zero-order chi connectivity index (χ0) is 19.1. The Morgan fingerprint density at radius 1 is 0.600 bits per heavy atom. The van der Waals surface area contributed by atoms with E-state index in [-0.39, 0.29) is 51.0 Å². The van der Waals surface area contributed by atoms with Crippen LogP contribution < -0.4 is 24.8 Å². The second-order valence-corrected chi connectivity index (χ2v) is 5.62. The van der Waals surface area contributed by atoms with Gasteiger partial charge in [-0.25, -0.2) is 29.8 Å². The van der Waals surface area contributed by atoms with Crippen LogP contribution in [0.25, 0.3) is 0 Å². The fourth-order valence-corrected chi connectivity index (χ4v) is 1.59. The predicted molar refractivity (Wildman–Crippen MR) is 118 cm³/mol. The van der Waals surface area contributed by atoms with Gasteiger partial charge in [0.1, 0.15) is 0 Å². The van der Waals surface area contributed by atoms with E-state index in [4.69, 9.17) is 0 Å². The molecule has 0 unspecified atom stereocenters. The Bertz CT molecular complexity index is 576. The van der Waals surface area contributed by atoms with Gasteiger partial charge in [0.05, 0.1) is 0 Å². The maximum absolute atomic E-state index is 2.99. The number of rotatable bonds is 0. The molecule has 0 amide bonds. The summed E-state index contributed by atoms with van der Waals surface area (Å²) in [5.74, 6) is 4.94. The fraction of sp³-hybridized carbons (Fsp3) is 0.0385. The van der Waals surface area contributed by atoms with Crippen LogP contribution in [0.1, 0.15) is 6.42 Å². The second-order valence-electron chi connectivity index (χ2n) is 4.81. The van der Waals surface area contributed by atoms with Crippen LogP contribution in [0.2, 0.25) is 0 Å². The number of hydrogen-bond acceptors (Lipinski definition) is 0. The van der Waals surface area contributed by atoms with Gasteiger partial charge in [-0.05, 0) is 0 Å². The van der Waals surface area contributed by atoms with E-state index in [1.54, 1.807) is 0 Å². The second kappa shape index (κ2) is 29.7. The summed E-state index contributed by atoms with van der Waals surface area (Å²) in [5.41, 5.74) is 0. The molecule has 0 saturated heterocycles. The van der Waals surface area contributed by atoms with Gasteiger partial charge >= 0.3 is 26.2 Å². The number of hydrogen-bond donors (Lipinski definition) is 0. The van der Waals surface area contributed by atoms with Crippen LogP contribution in [-0.2, 0) is 26.2 Å². The normalized spacial score (nSPS) is 10.4. The van der Waals surface area contributed by atoms with Crippen molar-refractivity contribution in [1.82, 2.24) is 0 Å². The zero-order valence-electron chi connectivity index (χ0n) is 16.5. The minimum absolute atomic E-state index is 0. The minimum Gasteiger partial charge on any atom is -1.00 e. The quantitative estimate of drug-likeness (QED) is 0.301. The van der Waals surface area contributed by atoms with Gasteiger partial charge < -0.3 is 24.8 Å². The third kappa shape index (κ3) is 26.5. The smallest absolute Gasteiger partial charge is 1.00 e. The average Bonchev–Trinajstić information content (AvgIpc) is 3.32. The Labute approximate surface area is 215 Å². The maximum atomic E-state index is 2.99. The first kappa shape index (κ1) is 33.2. The van der Waals surface area contributed by atoms with Gasteiger partial charge in [0.25, 0.3) is 0 Å². The zero-order valence-corrected chi connectivity index (χ0v) is 21.3. The van der Waals surface area contributed by atoms with E-state index < -0.39 is 0 Å². The number of halogens is 2. The Hall–Kier alpha value is -1.49. The predicted octanol–water partition coefficient (Wildman–Crippen LogP) is 0.911. The van der Waals surface area contributed by atoms with E-state index in [0.29, 0.717) is 0 Å². The van der Waals surface area contributed by atoms with Crippen molar-refractivity contribution in [1.29, 1.82) is 0 Å². The molecule has 0 fully saturated rings. The molecule has 3 aromatic carbocycles. The van der Waals surface area contributed by atoms with Gasteiger partial charge in [-0.1, -0.05) is 0 Å². The molecule has 3 aromatic rings. The van der Waals surface area contributed by atoms with Gasteiger partial charge in [-0.15, -0.1) is 6.42 Å². The number of allylic oxidation sites excluding steroid dienone is 5. The van der Waals surface area contributed by atoms with E-state index >= 15 is 0 Å². The molecule has 0 nitrogen and oxygen atoms in total. The molecule has 154 valence electrons. The van der Waals surface area contributed by atoms with Crippen LogP contribution in [0.4, 0.5) is 0 Å². The van der Waals surface area contributed by atoms with E-state index in [0.717, 1.165) is 6.42 Å². The van der Waals surface area contributed by atoms with Gasteiger partial charge in [0.15, 0.2) is 0 Å². The summed E-state index contributed by atoms with van der Waals surface area (Å²) in [6, 6.07) is 37.5. The third-order valence-electron chi connectivity index (χ3n) is 2.71. The Balaban J connectivity index is -0.000000298. The van der Waals surface area contributed by atoms with Crippen LogP contribution in [0, 0.1) is 24.3 Å². The van der Waals surface area contributed by atoms with Crippen LogP contribution in [0.5, 0.6) is 0 Å². The van der Waals surface area contributed by atoms with E-state index in [2.05, 4.69) is 36.1 Å². The van der Waals surface area contributed by atoms with Gasteiger partial charge in [-0.2, -0.15) is 115 Å². The molecular weight excluding hydrogens is 505 g/mol. The fourth-order valence-electron chi connectivity index (χ4n) is 1.44. The van der Waals surface area contributed by atoms with Gasteiger partial charge in [0, 0.05) is 0 Å². The van der Waals surface area contributed by atoms with Crippen molar-refractivity contribution in [2.75, 3.05) is 0 Å². The summed E-state index contributed by atoms with van der Waals surface area (Å²) in [4.78, 5) is 0. The van der Waals surface area contributed by atoms with E-state index in [1.807, 2.05) is 115 Å². The largest absolute Gasteiger partial charge is 2.00 e. The van der Waals surface area contributed by atoms with Gasteiger partial charge in [0.2, 0.25) is 0 Å². The van der Waals surface area contributed by atoms with E-state index in [1.165, 1.54) is 8.20 Å². The van der Waals surface area contributed by atoms with Crippen LogP contribution in [0.15, 0.2) is 121 Å². The molecular formula is C26H22Cl2PZr-5. The molecule has 0 N–H and O–H groups in total. The molecule has 0 spiro atoms. The monoisotopic (exact) mass is 525 g/mol. The molecule has 30 heavy (non-hydrogen) atoms. The summed E-state index contributed by atoms with van der Waals surface area (Å²) in [6.07, 6.45) is 11.9. The summed E-state index contributed by atoms with van der Waals surface area (Å²) in [6.45, 7) is 0. The van der Waals surface area contributed by atoms with Gasteiger partial charge in [-0.3, -0.25) is 14.3 Å². The topological polar surface area (TPSA) is 0 Å². The molecule has 0 atom stereocenters. The van der Waals surface area contributed by atoms with Crippen molar-refractivity contribution in [3.8, 4) is 0 Å². The molecule has 1 heterocycles. The molecule has 0 saturated carbocycles. The maximum Gasteiger partial charge on any atom is 2.00 e. The molecule has 4 heteroatoms.